The number of hydrogen-bond donors (Lipinski definition) is 1. The van der Waals surface area contributed by atoms with Crippen LogP contribution in [0.5, 0.6) is 5.75 Å². The average molecular weight is 282 g/mol. The van der Waals surface area contributed by atoms with Crippen LogP contribution in [-0.4, -0.2) is 21.2 Å². The molecule has 2 aromatic heterocycles. The molecule has 2 heterocycles. The summed E-state index contributed by atoms with van der Waals surface area (Å²) in [4.78, 5) is 0. The number of rotatable bonds is 5. The molecule has 0 aliphatic rings. The molecule has 0 atom stereocenters. The predicted octanol–water partition coefficient (Wildman–Crippen LogP) is 3.16. The van der Waals surface area contributed by atoms with E-state index in [9.17, 15) is 0 Å². The molecule has 0 radical (unpaired) electrons. The molecule has 0 unspecified atom stereocenters. The second-order valence-corrected chi connectivity index (χ2v) is 4.94. The van der Waals surface area contributed by atoms with E-state index in [0.717, 1.165) is 42.2 Å². The first-order chi connectivity index (χ1) is 10.3. The van der Waals surface area contributed by atoms with Gasteiger partial charge in [0.25, 0.3) is 0 Å². The van der Waals surface area contributed by atoms with Crippen LogP contribution < -0.4 is 10.5 Å². The number of fused-ring (bicyclic) bond motifs is 1. The van der Waals surface area contributed by atoms with Crippen molar-refractivity contribution in [1.29, 1.82) is 0 Å². The molecule has 5 nitrogen and oxygen atoms in total. The van der Waals surface area contributed by atoms with E-state index in [1.807, 2.05) is 47.0 Å². The van der Waals surface area contributed by atoms with Crippen LogP contribution in [0.15, 0.2) is 42.6 Å². The number of ether oxygens (including phenoxy) is 1. The Morgan fingerprint density at radius 2 is 1.90 bits per heavy atom. The second-order valence-electron chi connectivity index (χ2n) is 4.94. The minimum Gasteiger partial charge on any atom is -0.494 e. The van der Waals surface area contributed by atoms with Crippen molar-refractivity contribution in [3.05, 3.63) is 42.6 Å². The zero-order chi connectivity index (χ0) is 14.7. The van der Waals surface area contributed by atoms with Crippen molar-refractivity contribution in [3.63, 3.8) is 0 Å². The van der Waals surface area contributed by atoms with Gasteiger partial charge < -0.3 is 10.5 Å². The van der Waals surface area contributed by atoms with Gasteiger partial charge in [-0.15, -0.1) is 10.2 Å². The third-order valence-corrected chi connectivity index (χ3v) is 3.30. The summed E-state index contributed by atoms with van der Waals surface area (Å²) >= 11 is 0. The van der Waals surface area contributed by atoms with E-state index in [-0.39, 0.29) is 0 Å². The molecule has 5 heteroatoms. The number of anilines is 1. The predicted molar refractivity (Wildman–Crippen MR) is 83.2 cm³/mol. The molecule has 3 rings (SSSR count). The van der Waals surface area contributed by atoms with E-state index in [1.165, 1.54) is 0 Å². The number of nitrogens with two attached hydrogens (primary N) is 1. The topological polar surface area (TPSA) is 65.4 Å². The van der Waals surface area contributed by atoms with Crippen molar-refractivity contribution < 1.29 is 4.74 Å². The van der Waals surface area contributed by atoms with Crippen LogP contribution in [0.2, 0.25) is 0 Å². The summed E-state index contributed by atoms with van der Waals surface area (Å²) in [6.45, 7) is 2.90. The fraction of sp³-hybridized carbons (Fsp3) is 0.250. The van der Waals surface area contributed by atoms with Crippen LogP contribution in [0.4, 0.5) is 5.69 Å². The first kappa shape index (κ1) is 13.4. The Labute approximate surface area is 123 Å². The minimum atomic E-state index is 0.683. The second kappa shape index (κ2) is 5.83. The zero-order valence-electron chi connectivity index (χ0n) is 12.0. The normalized spacial score (nSPS) is 10.9. The fourth-order valence-electron chi connectivity index (χ4n) is 2.14. The molecule has 0 fully saturated rings. The van der Waals surface area contributed by atoms with Gasteiger partial charge in [0.2, 0.25) is 0 Å². The number of benzene rings is 1. The molecule has 1 aromatic carbocycles. The van der Waals surface area contributed by atoms with Crippen molar-refractivity contribution in [2.24, 2.45) is 0 Å². The van der Waals surface area contributed by atoms with Crippen LogP contribution in [0.3, 0.4) is 0 Å². The van der Waals surface area contributed by atoms with Gasteiger partial charge in [-0.25, -0.2) is 0 Å². The van der Waals surface area contributed by atoms with Gasteiger partial charge in [0.05, 0.1) is 6.61 Å². The van der Waals surface area contributed by atoms with E-state index < -0.39 is 0 Å². The number of hydrogen-bond acceptors (Lipinski definition) is 4. The third kappa shape index (κ3) is 2.81. The molecule has 0 aliphatic heterocycles. The number of nitrogen functional groups attached to an aromatic ring is 1. The highest BCUT2D eigenvalue weighted by Crippen LogP contribution is 2.22. The zero-order valence-corrected chi connectivity index (χ0v) is 12.0. The number of aromatic nitrogens is 3. The molecule has 0 spiro atoms. The van der Waals surface area contributed by atoms with Crippen LogP contribution in [0.1, 0.15) is 19.8 Å². The van der Waals surface area contributed by atoms with Crippen LogP contribution in [0, 0.1) is 0 Å². The van der Waals surface area contributed by atoms with Crippen molar-refractivity contribution in [3.8, 4) is 17.1 Å². The Bertz CT molecular complexity index is 734. The summed E-state index contributed by atoms with van der Waals surface area (Å²) in [6, 6.07) is 11.6. The molecular weight excluding hydrogens is 264 g/mol. The summed E-state index contributed by atoms with van der Waals surface area (Å²) in [5, 5.41) is 8.37. The summed E-state index contributed by atoms with van der Waals surface area (Å²) in [5.74, 6) is 1.65. The molecule has 0 saturated carbocycles. The Morgan fingerprint density at radius 1 is 1.10 bits per heavy atom. The van der Waals surface area contributed by atoms with Gasteiger partial charge in [-0.2, -0.15) is 0 Å². The lowest BCUT2D eigenvalue weighted by molar-refractivity contribution is 0.309. The Kier molecular flexibility index (Phi) is 3.73. The molecule has 0 bridgehead atoms. The van der Waals surface area contributed by atoms with E-state index in [0.29, 0.717) is 5.69 Å². The molecule has 108 valence electrons. The quantitative estimate of drug-likeness (QED) is 0.730. The highest BCUT2D eigenvalue weighted by molar-refractivity contribution is 5.61. The van der Waals surface area contributed by atoms with Crippen molar-refractivity contribution >= 4 is 11.3 Å². The van der Waals surface area contributed by atoms with Gasteiger partial charge in [-0.3, -0.25) is 4.40 Å². The molecule has 21 heavy (non-hydrogen) atoms. The number of pyridine rings is 1. The molecule has 0 saturated heterocycles. The summed E-state index contributed by atoms with van der Waals surface area (Å²) in [5.41, 5.74) is 8.27. The maximum Gasteiger partial charge on any atom is 0.168 e. The molecule has 0 amide bonds. The molecular formula is C16H18N4O. The van der Waals surface area contributed by atoms with Gasteiger partial charge in [0.15, 0.2) is 11.5 Å². The standard InChI is InChI=1S/C16H18N4O/c1-2-3-10-21-14-7-4-12(5-8-14)16-19-18-15-9-6-13(17)11-20(15)16/h4-9,11H,2-3,10,17H2,1H3. The Balaban J connectivity index is 1.87. The summed E-state index contributed by atoms with van der Waals surface area (Å²) < 4.78 is 7.55. The van der Waals surface area contributed by atoms with Crippen molar-refractivity contribution in [2.75, 3.05) is 12.3 Å². The monoisotopic (exact) mass is 282 g/mol. The lowest BCUT2D eigenvalue weighted by Gasteiger charge is -2.06. The highest BCUT2D eigenvalue weighted by atomic mass is 16.5. The summed E-state index contributed by atoms with van der Waals surface area (Å²) in [6.07, 6.45) is 4.03. The first-order valence-electron chi connectivity index (χ1n) is 7.11. The highest BCUT2D eigenvalue weighted by Gasteiger charge is 2.08. The largest absolute Gasteiger partial charge is 0.494 e. The minimum absolute atomic E-state index is 0.683. The van der Waals surface area contributed by atoms with Crippen LogP contribution >= 0.6 is 0 Å². The smallest absolute Gasteiger partial charge is 0.168 e. The van der Waals surface area contributed by atoms with Crippen molar-refractivity contribution in [1.82, 2.24) is 14.6 Å². The first-order valence-corrected chi connectivity index (χ1v) is 7.11. The van der Waals surface area contributed by atoms with E-state index in [2.05, 4.69) is 17.1 Å². The molecule has 3 aromatic rings. The molecule has 0 aliphatic carbocycles. The van der Waals surface area contributed by atoms with Crippen molar-refractivity contribution in [2.45, 2.75) is 19.8 Å². The van der Waals surface area contributed by atoms with E-state index in [1.54, 1.807) is 0 Å². The fourth-order valence-corrected chi connectivity index (χ4v) is 2.14. The molecule has 2 N–H and O–H groups in total. The number of nitrogens with zero attached hydrogens (tertiary/aromatic N) is 3. The maximum absolute atomic E-state index is 5.83. The average Bonchev–Trinajstić information content (AvgIpc) is 2.91. The lowest BCUT2D eigenvalue weighted by Crippen LogP contribution is -1.96. The third-order valence-electron chi connectivity index (χ3n) is 3.30. The summed E-state index contributed by atoms with van der Waals surface area (Å²) in [7, 11) is 0. The van der Waals surface area contributed by atoms with Crippen LogP contribution in [-0.2, 0) is 0 Å². The Morgan fingerprint density at radius 3 is 2.67 bits per heavy atom. The van der Waals surface area contributed by atoms with Gasteiger partial charge in [-0.05, 0) is 42.8 Å². The van der Waals surface area contributed by atoms with Gasteiger partial charge in [0, 0.05) is 17.4 Å². The van der Waals surface area contributed by atoms with E-state index >= 15 is 0 Å². The van der Waals surface area contributed by atoms with Gasteiger partial charge >= 0.3 is 0 Å². The van der Waals surface area contributed by atoms with Crippen LogP contribution in [0.25, 0.3) is 17.0 Å². The van der Waals surface area contributed by atoms with Gasteiger partial charge in [0.1, 0.15) is 5.75 Å². The number of unbranched alkanes of at least 4 members (excludes halogenated alkanes) is 1. The maximum atomic E-state index is 5.83. The Hall–Kier alpha value is -2.56. The van der Waals surface area contributed by atoms with E-state index in [4.69, 9.17) is 10.5 Å². The lowest BCUT2D eigenvalue weighted by atomic mass is 10.2. The SMILES string of the molecule is CCCCOc1ccc(-c2nnc3ccc(N)cn23)cc1. The van der Waals surface area contributed by atoms with Gasteiger partial charge in [-0.1, -0.05) is 13.3 Å².